The molecule has 0 aliphatic carbocycles. The van der Waals surface area contributed by atoms with Crippen molar-refractivity contribution >= 4 is 67.0 Å². The number of hydrogen-bond acceptors (Lipinski definition) is 16. The maximum Gasteiger partial charge on any atom is 0.530 e. The summed E-state index contributed by atoms with van der Waals surface area (Å²) in [5.74, 6) is -3.96. The molecule has 2 saturated heterocycles. The van der Waals surface area contributed by atoms with Gasteiger partial charge in [0.25, 0.3) is 0 Å². The van der Waals surface area contributed by atoms with E-state index in [0.717, 1.165) is 25.0 Å². The number of benzene rings is 1. The maximum absolute atomic E-state index is 14.6. The first-order valence-corrected chi connectivity index (χ1v) is 28.3. The third-order valence-electron chi connectivity index (χ3n) is 11.5. The van der Waals surface area contributed by atoms with E-state index in [-0.39, 0.29) is 125 Å². The van der Waals surface area contributed by atoms with E-state index in [4.69, 9.17) is 33.5 Å². The van der Waals surface area contributed by atoms with E-state index >= 15 is 0 Å². The van der Waals surface area contributed by atoms with Gasteiger partial charge in [-0.1, -0.05) is 38.5 Å². The second-order valence-corrected chi connectivity index (χ2v) is 22.5. The summed E-state index contributed by atoms with van der Waals surface area (Å²) in [6, 6.07) is 0.138. The number of ether oxygens (including phenoxy) is 3. The highest BCUT2D eigenvalue weighted by Crippen LogP contribution is 2.50. The highest BCUT2D eigenvalue weighted by Gasteiger charge is 2.42. The number of hydrogen-bond donors (Lipinski definition) is 8. The minimum Gasteiger partial charge on any atom is -0.460 e. The number of rotatable bonds is 39. The Bertz CT molecular complexity index is 2190. The third kappa shape index (κ3) is 26.1. The summed E-state index contributed by atoms with van der Waals surface area (Å²) in [5.41, 5.74) is 4.90. The normalized spacial score (nSPS) is 17.1. The number of phosphoric acid groups is 1. The number of alkyl halides is 1. The van der Waals surface area contributed by atoms with Gasteiger partial charge in [-0.15, -0.1) is 13.2 Å². The number of carbonyl (C=O) groups is 8. The number of unbranched alkanes of at least 4 members (excludes halogenated alkanes) is 1. The van der Waals surface area contributed by atoms with Crippen molar-refractivity contribution in [3.05, 3.63) is 54.6 Å². The Balaban J connectivity index is 1.54. The summed E-state index contributed by atoms with van der Waals surface area (Å²) < 4.78 is 60.3. The summed E-state index contributed by atoms with van der Waals surface area (Å²) in [5, 5.41) is 19.5. The van der Waals surface area contributed by atoms with Crippen LogP contribution in [0.4, 0.5) is 9.18 Å². The Morgan fingerprint density at radius 2 is 1.44 bits per heavy atom. The van der Waals surface area contributed by atoms with Gasteiger partial charge in [0.2, 0.25) is 35.4 Å². The molecule has 6 atom stereocenters. The highest BCUT2D eigenvalue weighted by molar-refractivity contribution is 8.00. The Hall–Kier alpha value is -5.59. The van der Waals surface area contributed by atoms with Crippen LogP contribution >= 0.6 is 19.6 Å². The van der Waals surface area contributed by atoms with Gasteiger partial charge in [-0.05, 0) is 70.1 Å². The van der Waals surface area contributed by atoms with E-state index in [0.29, 0.717) is 24.8 Å². The lowest BCUT2D eigenvalue weighted by atomic mass is 9.99. The number of nitrogens with two attached hydrogens (primary N) is 1. The highest BCUT2D eigenvalue weighted by atomic mass is 32.2. The first-order valence-electron chi connectivity index (χ1n) is 25.8. The first-order chi connectivity index (χ1) is 36.5. The Morgan fingerprint density at radius 3 is 2.04 bits per heavy atom. The monoisotopic (exact) mass is 1130 g/mol. The molecule has 9 N–H and O–H groups in total. The van der Waals surface area contributed by atoms with E-state index < -0.39 is 73.7 Å². The fourth-order valence-electron chi connectivity index (χ4n) is 7.87. The average Bonchev–Trinajstić information content (AvgIpc) is 3.93. The van der Waals surface area contributed by atoms with Crippen LogP contribution in [0.5, 0.6) is 5.75 Å². The number of esters is 1. The van der Waals surface area contributed by atoms with Crippen molar-refractivity contribution < 1.29 is 75.1 Å². The Kier molecular flexibility index (Phi) is 29.3. The van der Waals surface area contributed by atoms with Crippen molar-refractivity contribution in [1.82, 2.24) is 37.2 Å². The molecule has 1 aromatic rings. The van der Waals surface area contributed by atoms with Gasteiger partial charge in [0.05, 0.1) is 51.7 Å². The van der Waals surface area contributed by atoms with E-state index in [9.17, 15) is 47.3 Å². The molecular formula is C51H80FN8O15PS. The predicted molar refractivity (Wildman–Crippen MR) is 286 cm³/mol. The van der Waals surface area contributed by atoms with Gasteiger partial charge in [-0.25, -0.2) is 13.8 Å². The quantitative estimate of drug-likeness (QED) is 0.0154. The summed E-state index contributed by atoms with van der Waals surface area (Å²) in [6.07, 6.45) is 4.17. The van der Waals surface area contributed by atoms with E-state index in [1.54, 1.807) is 20.8 Å². The van der Waals surface area contributed by atoms with Crippen molar-refractivity contribution in [1.29, 1.82) is 0 Å². The fourth-order valence-corrected chi connectivity index (χ4v) is 10.6. The molecule has 2 fully saturated rings. The molecule has 77 heavy (non-hydrogen) atoms. The van der Waals surface area contributed by atoms with E-state index in [1.165, 1.54) is 30.4 Å². The largest absolute Gasteiger partial charge is 0.530 e. The number of urea groups is 1. The maximum atomic E-state index is 14.6. The molecule has 0 radical (unpaired) electrons. The molecule has 2 heterocycles. The predicted octanol–water partition coefficient (Wildman–Crippen LogP) is 3.47. The van der Waals surface area contributed by atoms with Crippen molar-refractivity contribution in [2.45, 2.75) is 147 Å². The summed E-state index contributed by atoms with van der Waals surface area (Å²) >= 11 is 1.85. The second kappa shape index (κ2) is 34.3. The van der Waals surface area contributed by atoms with Crippen LogP contribution in [0.15, 0.2) is 43.5 Å². The number of thioether (sulfide) groups is 1. The van der Waals surface area contributed by atoms with Gasteiger partial charge in [0, 0.05) is 61.8 Å². The molecule has 0 saturated carbocycles. The molecule has 3 rings (SSSR count). The van der Waals surface area contributed by atoms with Crippen LogP contribution in [0.2, 0.25) is 0 Å². The van der Waals surface area contributed by atoms with Crippen LogP contribution in [0, 0.1) is 5.92 Å². The molecule has 1 aromatic carbocycles. The van der Waals surface area contributed by atoms with Crippen molar-refractivity contribution in [3.63, 3.8) is 0 Å². The molecule has 0 spiro atoms. The van der Waals surface area contributed by atoms with Crippen molar-refractivity contribution in [3.8, 4) is 5.75 Å². The molecule has 0 aromatic heterocycles. The number of nitrogens with one attached hydrogen (secondary N) is 7. The number of halogens is 1. The Labute approximate surface area is 454 Å². The molecule has 3 unspecified atom stereocenters. The summed E-state index contributed by atoms with van der Waals surface area (Å²) in [6.45, 7) is 15.4. The molecule has 26 heteroatoms. The second-order valence-electron chi connectivity index (χ2n) is 19.7. The number of primary amides is 1. The van der Waals surface area contributed by atoms with E-state index in [2.05, 4.69) is 50.4 Å². The smallest absolute Gasteiger partial charge is 0.460 e. The Morgan fingerprint density at radius 1 is 0.831 bits per heavy atom. The topological polar surface area (TPSA) is 319 Å². The molecular weight excluding hydrogens is 1050 g/mol. The minimum absolute atomic E-state index is 0.0585. The molecule has 23 nitrogen and oxygen atoms in total. The van der Waals surface area contributed by atoms with Crippen LogP contribution < -0.4 is 47.5 Å². The van der Waals surface area contributed by atoms with Gasteiger partial charge in [-0.2, -0.15) is 11.8 Å². The van der Waals surface area contributed by atoms with E-state index in [1.807, 2.05) is 25.6 Å². The third-order valence-corrected chi connectivity index (χ3v) is 14.4. The standard InChI is InChI=1S/C51H80FN8O15PS/c1-8-22-72-76(69,73-23-9-2)75-40-16-14-34(29-35(40)31-52)30-38(49(67)57-37(47(53)65)28-33(3)4)58-48(66)36(15-19-45(64)74-51(5,6)7)56-44(63)18-17-43(62)55-21-25-71-27-26-70-24-20-54-42(61)13-11-10-12-41-46-39(32-77-41)59-50(68)60-46/h8-9,14,16,29,33,36-39,41,46H,1-2,10-13,15,17-28,30-32H2,3-7H3,(H2,53,65)(H,54,61)(H,55,62)(H,56,63)(H,57,67)(H,58,66)(H2,59,60,68)/t36-,37-,38-,39?,41?,46?/m0/s1. The van der Waals surface area contributed by atoms with Gasteiger partial charge in [0.1, 0.15) is 36.2 Å². The zero-order chi connectivity index (χ0) is 57.0. The molecule has 2 aliphatic rings. The SMILES string of the molecule is C=CCOP(=O)(OCC=C)Oc1ccc(C[C@H](NC(=O)[C@H](CCC(=O)OC(C)(C)C)NC(=O)CCC(=O)NCCOCCOCCNC(=O)CCCCC2SCC3NC(=O)NC32)C(=O)N[C@@H](CC(C)C)C(N)=O)cc1CF. The minimum atomic E-state index is -4.30. The molecule has 432 valence electrons. The van der Waals surface area contributed by atoms with Gasteiger partial charge in [0.15, 0.2) is 0 Å². The fraction of sp³-hybridized carbons (Fsp3) is 0.647. The van der Waals surface area contributed by atoms with Gasteiger partial charge >= 0.3 is 19.8 Å². The van der Waals surface area contributed by atoms with Crippen LogP contribution in [-0.4, -0.2) is 147 Å². The van der Waals surface area contributed by atoms with Crippen molar-refractivity contribution in [2.75, 3.05) is 58.5 Å². The molecule has 0 bridgehead atoms. The van der Waals surface area contributed by atoms with Gasteiger partial charge < -0.3 is 61.7 Å². The summed E-state index contributed by atoms with van der Waals surface area (Å²) in [7, 11) is -4.30. The van der Waals surface area contributed by atoms with Gasteiger partial charge in [-0.3, -0.25) is 42.6 Å². The lowest BCUT2D eigenvalue weighted by Gasteiger charge is -2.26. The zero-order valence-electron chi connectivity index (χ0n) is 44.9. The molecule has 8 amide bonds. The lowest BCUT2D eigenvalue weighted by Crippen LogP contribution is -2.57. The number of fused-ring (bicyclic) bond motifs is 1. The van der Waals surface area contributed by atoms with Crippen LogP contribution in [0.25, 0.3) is 0 Å². The van der Waals surface area contributed by atoms with Crippen LogP contribution in [-0.2, 0) is 74.5 Å². The number of amides is 8. The number of phosphoric ester groups is 1. The molecule has 2 aliphatic heterocycles. The van der Waals surface area contributed by atoms with Crippen LogP contribution in [0.3, 0.4) is 0 Å². The summed E-state index contributed by atoms with van der Waals surface area (Å²) in [4.78, 5) is 103. The van der Waals surface area contributed by atoms with Crippen molar-refractivity contribution in [2.24, 2.45) is 11.7 Å². The number of carbonyl (C=O) groups excluding carboxylic acids is 8. The zero-order valence-corrected chi connectivity index (χ0v) is 46.6. The lowest BCUT2D eigenvalue weighted by molar-refractivity contribution is -0.155. The first kappa shape index (κ1) is 65.7. The average molecular weight is 1130 g/mol. The van der Waals surface area contributed by atoms with Crippen LogP contribution in [0.1, 0.15) is 104 Å².